The molecule has 60 valence electrons. The zero-order chi connectivity index (χ0) is 7.94. The normalized spacial score (nSPS) is 40.9. The minimum Gasteiger partial charge on any atom is -0.212 e. The molecule has 0 aliphatic heterocycles. The lowest BCUT2D eigenvalue weighted by Crippen LogP contribution is -2.41. The Bertz CT molecular complexity index is 222. The van der Waals surface area contributed by atoms with Crippen molar-refractivity contribution in [3.8, 4) is 0 Å². The average molecular weight is 183 g/mol. The first-order valence-electron chi connectivity index (χ1n) is 3.36. The molecule has 1 aliphatic carbocycles. The molecule has 10 heavy (non-hydrogen) atoms. The fourth-order valence-electron chi connectivity index (χ4n) is 1.34. The predicted molar refractivity (Wildman–Crippen MR) is 41.5 cm³/mol. The van der Waals surface area contributed by atoms with Crippen LogP contribution >= 0.6 is 10.7 Å². The van der Waals surface area contributed by atoms with Gasteiger partial charge in [0.25, 0.3) is 0 Å². The van der Waals surface area contributed by atoms with E-state index in [-0.39, 0.29) is 11.2 Å². The van der Waals surface area contributed by atoms with E-state index in [0.29, 0.717) is 5.92 Å². The van der Waals surface area contributed by atoms with Crippen LogP contribution in [0.3, 0.4) is 0 Å². The van der Waals surface area contributed by atoms with Crippen molar-refractivity contribution in [1.82, 2.24) is 0 Å². The summed E-state index contributed by atoms with van der Waals surface area (Å²) < 4.78 is 21.5. The van der Waals surface area contributed by atoms with E-state index in [9.17, 15) is 8.42 Å². The van der Waals surface area contributed by atoms with E-state index in [2.05, 4.69) is 0 Å². The van der Waals surface area contributed by atoms with Crippen molar-refractivity contribution in [2.24, 2.45) is 11.8 Å². The van der Waals surface area contributed by atoms with E-state index in [4.69, 9.17) is 10.7 Å². The van der Waals surface area contributed by atoms with Crippen molar-refractivity contribution in [1.29, 1.82) is 0 Å². The van der Waals surface area contributed by atoms with Crippen molar-refractivity contribution < 1.29 is 8.42 Å². The van der Waals surface area contributed by atoms with Crippen LogP contribution < -0.4 is 0 Å². The number of hydrogen-bond acceptors (Lipinski definition) is 2. The van der Waals surface area contributed by atoms with Gasteiger partial charge in [-0.1, -0.05) is 13.8 Å². The molecule has 1 saturated carbocycles. The van der Waals surface area contributed by atoms with Crippen molar-refractivity contribution in [3.05, 3.63) is 0 Å². The van der Waals surface area contributed by atoms with Crippen molar-refractivity contribution in [3.63, 3.8) is 0 Å². The van der Waals surface area contributed by atoms with Crippen molar-refractivity contribution in [2.45, 2.75) is 25.5 Å². The van der Waals surface area contributed by atoms with Crippen LogP contribution in [0, 0.1) is 11.8 Å². The van der Waals surface area contributed by atoms with Crippen LogP contribution in [0.1, 0.15) is 20.3 Å². The molecule has 1 aliphatic rings. The summed E-state index contributed by atoms with van der Waals surface area (Å²) in [5, 5.41) is -0.288. The topological polar surface area (TPSA) is 34.1 Å². The summed E-state index contributed by atoms with van der Waals surface area (Å²) in [5.41, 5.74) is 0. The Morgan fingerprint density at radius 1 is 1.40 bits per heavy atom. The number of rotatable bonds is 1. The van der Waals surface area contributed by atoms with Gasteiger partial charge < -0.3 is 0 Å². The molecule has 0 heterocycles. The van der Waals surface area contributed by atoms with Gasteiger partial charge in [-0.15, -0.1) is 0 Å². The molecule has 0 spiro atoms. The number of halogens is 1. The molecule has 0 aromatic carbocycles. The van der Waals surface area contributed by atoms with Crippen molar-refractivity contribution in [2.75, 3.05) is 0 Å². The second kappa shape index (κ2) is 2.38. The van der Waals surface area contributed by atoms with Crippen molar-refractivity contribution >= 4 is 19.7 Å². The summed E-state index contributed by atoms with van der Waals surface area (Å²) in [6.45, 7) is 3.97. The molecule has 0 radical (unpaired) electrons. The first-order valence-corrected chi connectivity index (χ1v) is 5.73. The third-order valence-electron chi connectivity index (χ3n) is 2.45. The SMILES string of the molecule is CC1CC(S(=O)(=O)Cl)C1C. The van der Waals surface area contributed by atoms with E-state index >= 15 is 0 Å². The van der Waals surface area contributed by atoms with Gasteiger partial charge in [0.15, 0.2) is 0 Å². The molecule has 4 heteroatoms. The maximum Gasteiger partial charge on any atom is 0.235 e. The standard InChI is InChI=1S/C6H11ClO2S/c1-4-3-6(5(4)2)10(7,8)9/h4-6H,3H2,1-2H3. The Hall–Kier alpha value is 0.240. The maximum absolute atomic E-state index is 10.7. The maximum atomic E-state index is 10.7. The zero-order valence-corrected chi connectivity index (χ0v) is 7.61. The van der Waals surface area contributed by atoms with Crippen LogP contribution in [0.4, 0.5) is 0 Å². The minimum atomic E-state index is -3.28. The van der Waals surface area contributed by atoms with Gasteiger partial charge in [0.05, 0.1) is 5.25 Å². The molecule has 0 aromatic heterocycles. The summed E-state index contributed by atoms with van der Waals surface area (Å²) in [4.78, 5) is 0. The Morgan fingerprint density at radius 2 is 1.90 bits per heavy atom. The first-order chi connectivity index (χ1) is 4.43. The third kappa shape index (κ3) is 1.30. The second-order valence-electron chi connectivity index (χ2n) is 3.09. The lowest BCUT2D eigenvalue weighted by molar-refractivity contribution is 0.225. The molecule has 1 rings (SSSR count). The van der Waals surface area contributed by atoms with Gasteiger partial charge in [0, 0.05) is 10.7 Å². The number of hydrogen-bond donors (Lipinski definition) is 0. The van der Waals surface area contributed by atoms with Crippen LogP contribution in [0.25, 0.3) is 0 Å². The van der Waals surface area contributed by atoms with E-state index < -0.39 is 9.05 Å². The Labute approximate surface area is 66.0 Å². The molecule has 0 bridgehead atoms. The van der Waals surface area contributed by atoms with Gasteiger partial charge >= 0.3 is 0 Å². The van der Waals surface area contributed by atoms with Gasteiger partial charge in [-0.3, -0.25) is 0 Å². The van der Waals surface area contributed by atoms with Gasteiger partial charge in [0.1, 0.15) is 0 Å². The largest absolute Gasteiger partial charge is 0.235 e. The lowest BCUT2D eigenvalue weighted by Gasteiger charge is -2.38. The summed E-state index contributed by atoms with van der Waals surface area (Å²) in [7, 11) is 1.89. The van der Waals surface area contributed by atoms with Crippen LogP contribution in [0.5, 0.6) is 0 Å². The molecular weight excluding hydrogens is 172 g/mol. The van der Waals surface area contributed by atoms with Gasteiger partial charge in [-0.25, -0.2) is 8.42 Å². The molecule has 0 N–H and O–H groups in total. The van der Waals surface area contributed by atoms with Crippen LogP contribution in [0.2, 0.25) is 0 Å². The summed E-state index contributed by atoms with van der Waals surface area (Å²) in [6.07, 6.45) is 0.729. The van der Waals surface area contributed by atoms with Gasteiger partial charge in [-0.05, 0) is 18.3 Å². The zero-order valence-electron chi connectivity index (χ0n) is 6.04. The minimum absolute atomic E-state index is 0.238. The summed E-state index contributed by atoms with van der Waals surface area (Å²) in [6, 6.07) is 0. The van der Waals surface area contributed by atoms with Crippen LogP contribution in [-0.4, -0.2) is 13.7 Å². The molecule has 0 saturated heterocycles. The molecule has 2 nitrogen and oxygen atoms in total. The van der Waals surface area contributed by atoms with E-state index in [0.717, 1.165) is 6.42 Å². The quantitative estimate of drug-likeness (QED) is 0.578. The van der Waals surface area contributed by atoms with Gasteiger partial charge in [-0.2, -0.15) is 0 Å². The second-order valence-corrected chi connectivity index (χ2v) is 5.93. The Kier molecular flexibility index (Phi) is 1.98. The molecular formula is C6H11ClO2S. The highest BCUT2D eigenvalue weighted by atomic mass is 35.7. The predicted octanol–water partition coefficient (Wildman–Crippen LogP) is 1.60. The Morgan fingerprint density at radius 3 is 2.00 bits per heavy atom. The summed E-state index contributed by atoms with van der Waals surface area (Å²) >= 11 is 0. The highest BCUT2D eigenvalue weighted by molar-refractivity contribution is 8.14. The van der Waals surface area contributed by atoms with Crippen LogP contribution in [0.15, 0.2) is 0 Å². The molecule has 1 fully saturated rings. The monoisotopic (exact) mass is 182 g/mol. The van der Waals surface area contributed by atoms with Gasteiger partial charge in [0.2, 0.25) is 9.05 Å². The molecule has 0 amide bonds. The molecule has 0 aromatic rings. The molecule has 3 atom stereocenters. The third-order valence-corrected chi connectivity index (χ3v) is 4.48. The first kappa shape index (κ1) is 8.34. The smallest absolute Gasteiger partial charge is 0.212 e. The highest BCUT2D eigenvalue weighted by Crippen LogP contribution is 2.39. The lowest BCUT2D eigenvalue weighted by atomic mass is 9.76. The average Bonchev–Trinajstić information content (AvgIpc) is 1.79. The fraction of sp³-hybridized carbons (Fsp3) is 1.00. The van der Waals surface area contributed by atoms with E-state index in [1.807, 2.05) is 13.8 Å². The van der Waals surface area contributed by atoms with E-state index in [1.54, 1.807) is 0 Å². The fourth-order valence-corrected chi connectivity index (χ4v) is 3.36. The highest BCUT2D eigenvalue weighted by Gasteiger charge is 2.42. The Balaban J connectivity index is 2.65. The van der Waals surface area contributed by atoms with E-state index in [1.165, 1.54) is 0 Å². The summed E-state index contributed by atoms with van der Waals surface area (Å²) in [5.74, 6) is 0.751. The van der Waals surface area contributed by atoms with Crippen LogP contribution in [-0.2, 0) is 9.05 Å². The molecule has 3 unspecified atom stereocenters.